The smallest absolute Gasteiger partial charge is 0.230 e. The first-order valence-electron chi connectivity index (χ1n) is 7.12. The molecule has 4 nitrogen and oxygen atoms in total. The molecule has 0 aliphatic carbocycles. The van der Waals surface area contributed by atoms with Gasteiger partial charge in [-0.3, -0.25) is 9.78 Å². The minimum absolute atomic E-state index is 0.0760. The van der Waals surface area contributed by atoms with E-state index < -0.39 is 0 Å². The van der Waals surface area contributed by atoms with Gasteiger partial charge in [-0.15, -0.1) is 0 Å². The number of nitrogens with zero attached hydrogens (tertiary/aromatic N) is 1. The average Bonchev–Trinajstić information content (AvgIpc) is 2.47. The highest BCUT2D eigenvalue weighted by Crippen LogP contribution is 2.16. The minimum atomic E-state index is -0.0760. The Labute approximate surface area is 129 Å². The first-order chi connectivity index (χ1) is 10.6. The molecule has 0 aliphatic heterocycles. The number of nitrogens with one attached hydrogen (secondary N) is 1. The largest absolute Gasteiger partial charge is 0.399 e. The number of fused-ring (bicyclic) bond motifs is 1. The normalized spacial score (nSPS) is 10.6. The Morgan fingerprint density at radius 1 is 1.14 bits per heavy atom. The Morgan fingerprint density at radius 2 is 2.00 bits per heavy atom. The second-order valence-electron chi connectivity index (χ2n) is 5.35. The van der Waals surface area contributed by atoms with E-state index in [0.717, 1.165) is 27.8 Å². The van der Waals surface area contributed by atoms with Crippen molar-refractivity contribution >= 4 is 28.2 Å². The zero-order valence-corrected chi connectivity index (χ0v) is 12.3. The molecule has 0 bridgehead atoms. The molecular weight excluding hydrogens is 274 g/mol. The Bertz CT molecular complexity index is 843. The molecule has 3 rings (SSSR count). The first-order valence-corrected chi connectivity index (χ1v) is 7.12. The summed E-state index contributed by atoms with van der Waals surface area (Å²) in [5, 5.41) is 3.86. The van der Waals surface area contributed by atoms with E-state index in [4.69, 9.17) is 5.73 Å². The second-order valence-corrected chi connectivity index (χ2v) is 5.35. The fraction of sp³-hybridized carbons (Fsp3) is 0.111. The van der Waals surface area contributed by atoms with Crippen LogP contribution in [0.3, 0.4) is 0 Å². The zero-order valence-electron chi connectivity index (χ0n) is 12.3. The summed E-state index contributed by atoms with van der Waals surface area (Å²) in [6.45, 7) is 1.99. The number of hydrogen-bond acceptors (Lipinski definition) is 3. The van der Waals surface area contributed by atoms with Gasteiger partial charge in [-0.25, -0.2) is 0 Å². The minimum Gasteiger partial charge on any atom is -0.399 e. The summed E-state index contributed by atoms with van der Waals surface area (Å²) < 4.78 is 0. The number of aryl methyl sites for hydroxylation is 1. The molecule has 2 aromatic carbocycles. The van der Waals surface area contributed by atoms with Gasteiger partial charge in [-0.1, -0.05) is 18.2 Å². The van der Waals surface area contributed by atoms with Crippen LogP contribution in [0, 0.1) is 6.92 Å². The fourth-order valence-corrected chi connectivity index (χ4v) is 2.38. The molecule has 4 heteroatoms. The van der Waals surface area contributed by atoms with Crippen LogP contribution in [0.25, 0.3) is 10.9 Å². The van der Waals surface area contributed by atoms with E-state index in [1.165, 1.54) is 0 Å². The maximum Gasteiger partial charge on any atom is 0.230 e. The lowest BCUT2D eigenvalue weighted by Crippen LogP contribution is -2.15. The van der Waals surface area contributed by atoms with Gasteiger partial charge in [0.25, 0.3) is 0 Å². The summed E-state index contributed by atoms with van der Waals surface area (Å²) >= 11 is 0. The van der Waals surface area contributed by atoms with Crippen LogP contribution in [0.4, 0.5) is 11.4 Å². The van der Waals surface area contributed by atoms with Crippen LogP contribution in [0.2, 0.25) is 0 Å². The highest BCUT2D eigenvalue weighted by Gasteiger charge is 2.06. The van der Waals surface area contributed by atoms with E-state index in [9.17, 15) is 4.79 Å². The Morgan fingerprint density at radius 3 is 2.82 bits per heavy atom. The van der Waals surface area contributed by atoms with Crippen molar-refractivity contribution in [1.29, 1.82) is 0 Å². The molecule has 1 aromatic heterocycles. The number of carbonyl (C=O) groups excluding carboxylic acids is 1. The molecule has 3 aromatic rings. The summed E-state index contributed by atoms with van der Waals surface area (Å²) in [7, 11) is 0. The second kappa shape index (κ2) is 5.85. The Balaban J connectivity index is 1.75. The molecule has 3 N–H and O–H groups in total. The summed E-state index contributed by atoms with van der Waals surface area (Å²) in [5.74, 6) is -0.0760. The quantitative estimate of drug-likeness (QED) is 0.727. The first kappa shape index (κ1) is 14.1. The lowest BCUT2D eigenvalue weighted by atomic mass is 10.1. The number of benzene rings is 2. The van der Waals surface area contributed by atoms with Gasteiger partial charge < -0.3 is 11.1 Å². The number of amides is 1. The van der Waals surface area contributed by atoms with Crippen molar-refractivity contribution in [2.45, 2.75) is 13.3 Å². The van der Waals surface area contributed by atoms with Crippen molar-refractivity contribution in [2.75, 3.05) is 11.1 Å². The number of nitrogen functional groups attached to an aromatic ring is 1. The van der Waals surface area contributed by atoms with Gasteiger partial charge in [0, 0.05) is 16.8 Å². The highest BCUT2D eigenvalue weighted by atomic mass is 16.1. The average molecular weight is 291 g/mol. The van der Waals surface area contributed by atoms with Gasteiger partial charge in [0.05, 0.1) is 17.6 Å². The fourth-order valence-electron chi connectivity index (χ4n) is 2.38. The monoisotopic (exact) mass is 291 g/mol. The Kier molecular flexibility index (Phi) is 3.74. The summed E-state index contributed by atoms with van der Waals surface area (Å²) in [4.78, 5) is 16.6. The van der Waals surface area contributed by atoms with Crippen LogP contribution < -0.4 is 11.1 Å². The van der Waals surface area contributed by atoms with Crippen LogP contribution in [0.15, 0.2) is 54.6 Å². The molecule has 0 radical (unpaired) electrons. The molecule has 0 aliphatic rings. The molecule has 0 atom stereocenters. The van der Waals surface area contributed by atoms with Gasteiger partial charge in [0.1, 0.15) is 0 Å². The predicted octanol–water partition coefficient (Wildman–Crippen LogP) is 3.31. The summed E-state index contributed by atoms with van der Waals surface area (Å²) in [5.41, 5.74) is 9.95. The molecule has 0 spiro atoms. The van der Waals surface area contributed by atoms with Gasteiger partial charge in [-0.05, 0) is 48.9 Å². The zero-order chi connectivity index (χ0) is 15.5. The van der Waals surface area contributed by atoms with Crippen molar-refractivity contribution in [3.05, 3.63) is 65.9 Å². The number of nitrogens with two attached hydrogens (primary N) is 1. The van der Waals surface area contributed by atoms with Crippen molar-refractivity contribution < 1.29 is 4.79 Å². The van der Waals surface area contributed by atoms with E-state index in [1.807, 2.05) is 61.5 Å². The molecule has 1 heterocycles. The number of anilines is 2. The number of hydrogen-bond donors (Lipinski definition) is 2. The van der Waals surface area contributed by atoms with Crippen molar-refractivity contribution in [1.82, 2.24) is 4.98 Å². The van der Waals surface area contributed by atoms with E-state index in [2.05, 4.69) is 10.3 Å². The molecule has 22 heavy (non-hydrogen) atoms. The van der Waals surface area contributed by atoms with Gasteiger partial charge in [0.2, 0.25) is 5.91 Å². The number of aromatic nitrogens is 1. The van der Waals surface area contributed by atoms with E-state index in [-0.39, 0.29) is 12.3 Å². The third kappa shape index (κ3) is 3.23. The molecule has 0 saturated heterocycles. The third-order valence-corrected chi connectivity index (χ3v) is 3.41. The predicted molar refractivity (Wildman–Crippen MR) is 89.7 cm³/mol. The van der Waals surface area contributed by atoms with Crippen LogP contribution >= 0.6 is 0 Å². The van der Waals surface area contributed by atoms with Gasteiger partial charge in [0.15, 0.2) is 0 Å². The van der Waals surface area contributed by atoms with Gasteiger partial charge in [-0.2, -0.15) is 0 Å². The Hall–Kier alpha value is -2.88. The topological polar surface area (TPSA) is 68.0 Å². The van der Waals surface area contributed by atoms with E-state index >= 15 is 0 Å². The maximum absolute atomic E-state index is 12.1. The molecule has 0 saturated carbocycles. The van der Waals surface area contributed by atoms with E-state index in [0.29, 0.717) is 5.69 Å². The molecule has 0 unspecified atom stereocenters. The van der Waals surface area contributed by atoms with E-state index in [1.54, 1.807) is 0 Å². The SMILES string of the molecule is Cc1cccc(NC(=O)Cc2ccc3cc(N)ccc3n2)c1. The number of pyridine rings is 1. The maximum atomic E-state index is 12.1. The van der Waals surface area contributed by atoms with Crippen molar-refractivity contribution in [3.8, 4) is 0 Å². The third-order valence-electron chi connectivity index (χ3n) is 3.41. The van der Waals surface area contributed by atoms with Crippen molar-refractivity contribution in [2.24, 2.45) is 0 Å². The molecular formula is C18H17N3O. The van der Waals surface area contributed by atoms with Crippen molar-refractivity contribution in [3.63, 3.8) is 0 Å². The highest BCUT2D eigenvalue weighted by molar-refractivity contribution is 5.92. The number of rotatable bonds is 3. The summed E-state index contributed by atoms with van der Waals surface area (Å²) in [6.07, 6.45) is 0.244. The summed E-state index contributed by atoms with van der Waals surface area (Å²) in [6, 6.07) is 17.1. The van der Waals surface area contributed by atoms with Crippen LogP contribution in [0.5, 0.6) is 0 Å². The standard InChI is InChI=1S/C18H17N3O/c1-12-3-2-4-15(9-12)21-18(22)11-16-7-5-13-10-14(19)6-8-17(13)20-16/h2-10H,11,19H2,1H3,(H,21,22). The van der Waals surface area contributed by atoms with Crippen LogP contribution in [-0.2, 0) is 11.2 Å². The lowest BCUT2D eigenvalue weighted by Gasteiger charge is -2.07. The van der Waals surface area contributed by atoms with Crippen LogP contribution in [-0.4, -0.2) is 10.9 Å². The number of carbonyl (C=O) groups is 1. The lowest BCUT2D eigenvalue weighted by molar-refractivity contribution is -0.115. The molecule has 1 amide bonds. The molecule has 0 fully saturated rings. The van der Waals surface area contributed by atoms with Gasteiger partial charge >= 0.3 is 0 Å². The van der Waals surface area contributed by atoms with Crippen LogP contribution in [0.1, 0.15) is 11.3 Å². The molecule has 110 valence electrons.